The second-order valence-corrected chi connectivity index (χ2v) is 5.43. The van der Waals surface area contributed by atoms with Crippen molar-refractivity contribution < 1.29 is 9.53 Å². The number of amides is 2. The average Bonchev–Trinajstić information content (AvgIpc) is 3.19. The first-order valence-corrected chi connectivity index (χ1v) is 7.88. The third-order valence-electron chi connectivity index (χ3n) is 3.63. The lowest BCUT2D eigenvalue weighted by Gasteiger charge is -2.08. The molecule has 0 spiro atoms. The molecule has 0 unspecified atom stereocenters. The maximum atomic E-state index is 12.1. The van der Waals surface area contributed by atoms with Crippen LogP contribution in [0.5, 0.6) is 0 Å². The molecule has 0 fully saturated rings. The minimum atomic E-state index is -0.305. The number of carbonyl (C=O) groups excluding carboxylic acids is 1. The summed E-state index contributed by atoms with van der Waals surface area (Å²) in [5, 5.41) is 22.0. The number of rotatable bonds is 7. The highest BCUT2D eigenvalue weighted by atomic mass is 16.5. The van der Waals surface area contributed by atoms with Crippen molar-refractivity contribution in [3.63, 3.8) is 0 Å². The number of carbonyl (C=O) groups is 1. The van der Waals surface area contributed by atoms with Gasteiger partial charge < -0.3 is 19.9 Å². The van der Waals surface area contributed by atoms with E-state index in [9.17, 15) is 4.79 Å². The molecule has 0 atom stereocenters. The van der Waals surface area contributed by atoms with Crippen LogP contribution < -0.4 is 10.6 Å². The van der Waals surface area contributed by atoms with Gasteiger partial charge in [0.15, 0.2) is 0 Å². The minimum absolute atomic E-state index is 0.305. The van der Waals surface area contributed by atoms with Crippen molar-refractivity contribution in [2.24, 2.45) is 7.05 Å². The zero-order chi connectivity index (χ0) is 17.6. The van der Waals surface area contributed by atoms with E-state index in [1.165, 1.54) is 4.80 Å². The molecule has 2 N–H and O–H groups in total. The number of hydrogen-bond donors (Lipinski definition) is 2. The van der Waals surface area contributed by atoms with Gasteiger partial charge in [-0.1, -0.05) is 6.07 Å². The number of ether oxygens (including phenoxy) is 1. The van der Waals surface area contributed by atoms with Crippen molar-refractivity contribution >= 4 is 22.8 Å². The lowest BCUT2D eigenvalue weighted by molar-refractivity contribution is 0.186. The highest BCUT2D eigenvalue weighted by molar-refractivity contribution is 5.98. The number of aromatic nitrogens is 6. The number of benzene rings is 1. The summed E-state index contributed by atoms with van der Waals surface area (Å²) in [6.45, 7) is 1.70. The van der Waals surface area contributed by atoms with Crippen LogP contribution in [0.25, 0.3) is 11.0 Å². The van der Waals surface area contributed by atoms with E-state index in [4.69, 9.17) is 4.74 Å². The summed E-state index contributed by atoms with van der Waals surface area (Å²) in [6.07, 6.45) is 2.23. The molecule has 3 aromatic rings. The Hall–Kier alpha value is -3.01. The summed E-state index contributed by atoms with van der Waals surface area (Å²) in [5.74, 6) is 0.799. The van der Waals surface area contributed by atoms with Crippen molar-refractivity contribution in [2.45, 2.75) is 13.0 Å². The van der Waals surface area contributed by atoms with Gasteiger partial charge in [0.25, 0.3) is 0 Å². The predicted octanol–water partition coefficient (Wildman–Crippen LogP) is 0.570. The van der Waals surface area contributed by atoms with E-state index in [0.717, 1.165) is 11.3 Å². The fourth-order valence-corrected chi connectivity index (χ4v) is 2.44. The number of anilines is 1. The van der Waals surface area contributed by atoms with Crippen molar-refractivity contribution in [3.8, 4) is 0 Å². The van der Waals surface area contributed by atoms with Crippen LogP contribution in [0.1, 0.15) is 5.82 Å². The number of urea groups is 1. The molecule has 0 bridgehead atoms. The molecule has 0 aliphatic rings. The fraction of sp³-hybridized carbons (Fsp3) is 0.400. The molecule has 0 aliphatic carbocycles. The van der Waals surface area contributed by atoms with Crippen molar-refractivity contribution in [1.82, 2.24) is 35.1 Å². The van der Waals surface area contributed by atoms with Crippen molar-refractivity contribution in [3.05, 3.63) is 30.4 Å². The van der Waals surface area contributed by atoms with Crippen LogP contribution in [0.15, 0.2) is 24.5 Å². The Morgan fingerprint density at radius 1 is 1.32 bits per heavy atom. The van der Waals surface area contributed by atoms with Gasteiger partial charge in [0, 0.05) is 33.7 Å². The molecular formula is C15H20N8O2. The highest BCUT2D eigenvalue weighted by Gasteiger charge is 2.10. The topological polar surface area (TPSA) is 112 Å². The Balaban J connectivity index is 1.54. The van der Waals surface area contributed by atoms with E-state index < -0.39 is 0 Å². The second-order valence-electron chi connectivity index (χ2n) is 5.43. The quantitative estimate of drug-likeness (QED) is 0.648. The summed E-state index contributed by atoms with van der Waals surface area (Å²) in [6, 6.07) is 5.15. The number of hydrogen-bond acceptors (Lipinski definition) is 6. The van der Waals surface area contributed by atoms with Crippen molar-refractivity contribution in [1.29, 1.82) is 0 Å². The van der Waals surface area contributed by atoms with Crippen LogP contribution in [0.3, 0.4) is 0 Å². The molecule has 2 amide bonds. The van der Waals surface area contributed by atoms with Crippen LogP contribution in [0.4, 0.5) is 10.5 Å². The zero-order valence-electron chi connectivity index (χ0n) is 14.1. The van der Waals surface area contributed by atoms with Crippen LogP contribution in [0, 0.1) is 0 Å². The second kappa shape index (κ2) is 7.71. The number of nitrogens with zero attached hydrogens (tertiary/aromatic N) is 6. The minimum Gasteiger partial charge on any atom is -0.383 e. The maximum Gasteiger partial charge on any atom is 0.319 e. The molecule has 0 saturated carbocycles. The molecule has 10 nitrogen and oxygen atoms in total. The van der Waals surface area contributed by atoms with E-state index in [0.29, 0.717) is 37.3 Å². The summed E-state index contributed by atoms with van der Waals surface area (Å²) >= 11 is 0. The number of fused-ring (bicyclic) bond motifs is 1. The van der Waals surface area contributed by atoms with Gasteiger partial charge in [0.05, 0.1) is 12.3 Å². The molecule has 25 heavy (non-hydrogen) atoms. The van der Waals surface area contributed by atoms with Gasteiger partial charge in [-0.15, -0.1) is 10.2 Å². The Labute approximate surface area is 144 Å². The number of nitrogens with one attached hydrogen (secondary N) is 2. The van der Waals surface area contributed by atoms with E-state index in [-0.39, 0.29) is 6.03 Å². The largest absolute Gasteiger partial charge is 0.383 e. The molecule has 0 radical (unpaired) electrons. The number of aryl methyl sites for hydroxylation is 1. The van der Waals surface area contributed by atoms with Crippen molar-refractivity contribution in [2.75, 3.05) is 25.6 Å². The lowest BCUT2D eigenvalue weighted by Crippen LogP contribution is -2.31. The normalized spacial score (nSPS) is 11.0. The first kappa shape index (κ1) is 16.8. The van der Waals surface area contributed by atoms with E-state index in [2.05, 4.69) is 31.0 Å². The van der Waals surface area contributed by atoms with E-state index in [1.54, 1.807) is 26.6 Å². The molecular weight excluding hydrogens is 324 g/mol. The lowest BCUT2D eigenvalue weighted by atomic mass is 10.2. The summed E-state index contributed by atoms with van der Waals surface area (Å²) < 4.78 is 6.95. The molecule has 2 heterocycles. The van der Waals surface area contributed by atoms with Gasteiger partial charge in [-0.05, 0) is 12.1 Å². The molecule has 0 saturated heterocycles. The monoisotopic (exact) mass is 344 g/mol. The van der Waals surface area contributed by atoms with Gasteiger partial charge >= 0.3 is 6.03 Å². The molecule has 1 aromatic carbocycles. The molecule has 10 heteroatoms. The Morgan fingerprint density at radius 2 is 2.20 bits per heavy atom. The SMILES string of the molecule is COCCn1cnnc1CCNC(=O)Nc1cccc2nn(C)nc12. The summed E-state index contributed by atoms with van der Waals surface area (Å²) in [5.41, 5.74) is 2.00. The van der Waals surface area contributed by atoms with E-state index >= 15 is 0 Å². The van der Waals surface area contributed by atoms with E-state index in [1.807, 2.05) is 16.7 Å². The fourth-order valence-electron chi connectivity index (χ4n) is 2.44. The maximum absolute atomic E-state index is 12.1. The highest BCUT2D eigenvalue weighted by Crippen LogP contribution is 2.19. The molecule has 2 aromatic heterocycles. The number of methoxy groups -OCH3 is 1. The van der Waals surface area contributed by atoms with Gasteiger partial charge in [-0.2, -0.15) is 15.0 Å². The Kier molecular flexibility index (Phi) is 5.19. The molecule has 132 valence electrons. The van der Waals surface area contributed by atoms with Gasteiger partial charge in [-0.3, -0.25) is 0 Å². The average molecular weight is 344 g/mol. The standard InChI is InChI=1S/C15H20N8O2/c1-22-20-12-5-3-4-11(14(12)21-22)18-15(24)16-7-6-13-19-17-10-23(13)8-9-25-2/h3-5,10H,6-9H2,1-2H3,(H2,16,18,24). The van der Waals surface area contributed by atoms with Crippen LogP contribution in [-0.4, -0.2) is 56.1 Å². The first-order valence-electron chi connectivity index (χ1n) is 7.88. The van der Waals surface area contributed by atoms with Crippen LogP contribution in [-0.2, 0) is 24.8 Å². The first-order chi connectivity index (χ1) is 12.2. The van der Waals surface area contributed by atoms with Gasteiger partial charge in [-0.25, -0.2) is 4.79 Å². The molecule has 3 rings (SSSR count). The predicted molar refractivity (Wildman–Crippen MR) is 91.1 cm³/mol. The molecule has 0 aliphatic heterocycles. The summed E-state index contributed by atoms with van der Waals surface area (Å²) in [7, 11) is 3.39. The van der Waals surface area contributed by atoms with Crippen LogP contribution in [0.2, 0.25) is 0 Å². The smallest absolute Gasteiger partial charge is 0.319 e. The third kappa shape index (κ3) is 4.10. The summed E-state index contributed by atoms with van der Waals surface area (Å²) in [4.78, 5) is 13.6. The Bertz CT molecular complexity index is 856. The van der Waals surface area contributed by atoms with Gasteiger partial charge in [0.2, 0.25) is 0 Å². The van der Waals surface area contributed by atoms with Crippen LogP contribution >= 0.6 is 0 Å². The van der Waals surface area contributed by atoms with Gasteiger partial charge in [0.1, 0.15) is 23.2 Å². The Morgan fingerprint density at radius 3 is 3.04 bits per heavy atom. The zero-order valence-corrected chi connectivity index (χ0v) is 14.1. The third-order valence-corrected chi connectivity index (χ3v) is 3.63.